The predicted octanol–water partition coefficient (Wildman–Crippen LogP) is 1.93. The van der Waals surface area contributed by atoms with E-state index in [1.165, 1.54) is 6.20 Å². The first-order valence-corrected chi connectivity index (χ1v) is 6.53. The van der Waals surface area contributed by atoms with Gasteiger partial charge in [-0.25, -0.2) is 0 Å². The Balaban J connectivity index is 2.44. The SMILES string of the molecule is N#C/C(=C/NCCCCl)C(=O)NCc1ccccc1. The van der Waals surface area contributed by atoms with Crippen LogP contribution < -0.4 is 10.6 Å². The molecule has 0 fully saturated rings. The van der Waals surface area contributed by atoms with E-state index in [0.717, 1.165) is 12.0 Å². The molecule has 4 nitrogen and oxygen atoms in total. The molecule has 2 N–H and O–H groups in total. The minimum absolute atomic E-state index is 0.0607. The highest BCUT2D eigenvalue weighted by molar-refractivity contribution is 6.17. The van der Waals surface area contributed by atoms with E-state index in [2.05, 4.69) is 10.6 Å². The summed E-state index contributed by atoms with van der Waals surface area (Å²) in [4.78, 5) is 11.7. The number of hydrogen-bond acceptors (Lipinski definition) is 3. The second kappa shape index (κ2) is 9.01. The lowest BCUT2D eigenvalue weighted by molar-refractivity contribution is -0.117. The van der Waals surface area contributed by atoms with E-state index < -0.39 is 0 Å². The minimum atomic E-state index is -0.385. The van der Waals surface area contributed by atoms with Gasteiger partial charge in [-0.05, 0) is 12.0 Å². The van der Waals surface area contributed by atoms with Crippen molar-refractivity contribution in [2.45, 2.75) is 13.0 Å². The Morgan fingerprint density at radius 3 is 2.74 bits per heavy atom. The van der Waals surface area contributed by atoms with Gasteiger partial charge in [0.15, 0.2) is 0 Å². The molecule has 0 aliphatic heterocycles. The molecule has 1 aromatic rings. The molecule has 1 rings (SSSR count). The van der Waals surface area contributed by atoms with Gasteiger partial charge >= 0.3 is 0 Å². The monoisotopic (exact) mass is 277 g/mol. The summed E-state index contributed by atoms with van der Waals surface area (Å²) in [7, 11) is 0. The lowest BCUT2D eigenvalue weighted by atomic mass is 10.2. The van der Waals surface area contributed by atoms with Crippen molar-refractivity contribution < 1.29 is 4.79 Å². The van der Waals surface area contributed by atoms with Crippen molar-refractivity contribution in [1.82, 2.24) is 10.6 Å². The van der Waals surface area contributed by atoms with Crippen LogP contribution in [0.15, 0.2) is 42.1 Å². The molecule has 0 aliphatic carbocycles. The molecule has 0 spiro atoms. The predicted molar refractivity (Wildman–Crippen MR) is 75.3 cm³/mol. The Bertz CT molecular complexity index is 465. The molecule has 1 amide bonds. The van der Waals surface area contributed by atoms with Crippen LogP contribution >= 0.6 is 11.6 Å². The molecule has 1 aromatic carbocycles. The van der Waals surface area contributed by atoms with Crippen LogP contribution in [-0.4, -0.2) is 18.3 Å². The van der Waals surface area contributed by atoms with Gasteiger partial charge in [-0.3, -0.25) is 4.79 Å². The molecule has 19 heavy (non-hydrogen) atoms. The average molecular weight is 278 g/mol. The number of carbonyl (C=O) groups is 1. The number of alkyl halides is 1. The number of nitrogens with zero attached hydrogens (tertiary/aromatic N) is 1. The summed E-state index contributed by atoms with van der Waals surface area (Å²) in [6.45, 7) is 1.04. The highest BCUT2D eigenvalue weighted by atomic mass is 35.5. The third kappa shape index (κ3) is 5.94. The Labute approximate surface area is 118 Å². The van der Waals surface area contributed by atoms with Gasteiger partial charge in [0.1, 0.15) is 11.6 Å². The van der Waals surface area contributed by atoms with Crippen LogP contribution in [-0.2, 0) is 11.3 Å². The molecule has 100 valence electrons. The van der Waals surface area contributed by atoms with E-state index in [-0.39, 0.29) is 11.5 Å². The molecule has 0 atom stereocenters. The molecule has 0 heterocycles. The van der Waals surface area contributed by atoms with Crippen molar-refractivity contribution in [3.05, 3.63) is 47.7 Å². The van der Waals surface area contributed by atoms with Crippen molar-refractivity contribution in [3.8, 4) is 6.07 Å². The normalized spacial score (nSPS) is 10.6. The summed E-state index contributed by atoms with van der Waals surface area (Å²) < 4.78 is 0. The van der Waals surface area contributed by atoms with Crippen molar-refractivity contribution in [2.24, 2.45) is 0 Å². The number of rotatable bonds is 7. The molecule has 0 bridgehead atoms. The quantitative estimate of drug-likeness (QED) is 0.346. The van der Waals surface area contributed by atoms with Crippen LogP contribution in [0.4, 0.5) is 0 Å². The maximum absolute atomic E-state index is 11.7. The molecule has 0 unspecified atom stereocenters. The fourth-order valence-corrected chi connectivity index (χ4v) is 1.50. The molecule has 0 saturated heterocycles. The van der Waals surface area contributed by atoms with Gasteiger partial charge < -0.3 is 10.6 Å². The van der Waals surface area contributed by atoms with Crippen molar-refractivity contribution >= 4 is 17.5 Å². The Morgan fingerprint density at radius 2 is 2.11 bits per heavy atom. The largest absolute Gasteiger partial charge is 0.390 e. The second-order valence-corrected chi connectivity index (χ2v) is 4.21. The maximum atomic E-state index is 11.7. The first kappa shape index (κ1) is 15.1. The van der Waals surface area contributed by atoms with E-state index in [0.29, 0.717) is 19.0 Å². The Morgan fingerprint density at radius 1 is 1.37 bits per heavy atom. The second-order valence-electron chi connectivity index (χ2n) is 3.83. The highest BCUT2D eigenvalue weighted by Gasteiger charge is 2.07. The lowest BCUT2D eigenvalue weighted by Gasteiger charge is -2.04. The van der Waals surface area contributed by atoms with Crippen molar-refractivity contribution in [2.75, 3.05) is 12.4 Å². The molecule has 0 radical (unpaired) electrons. The number of hydrogen-bond donors (Lipinski definition) is 2. The topological polar surface area (TPSA) is 64.9 Å². The van der Waals surface area contributed by atoms with E-state index in [4.69, 9.17) is 16.9 Å². The standard InChI is InChI=1S/C14H16ClN3O/c15-7-4-8-17-11-13(9-16)14(19)18-10-12-5-2-1-3-6-12/h1-3,5-6,11,17H,4,7-8,10H2,(H,18,19)/b13-11-. The van der Waals surface area contributed by atoms with Gasteiger partial charge in [0.2, 0.25) is 0 Å². The first-order chi connectivity index (χ1) is 9.27. The van der Waals surface area contributed by atoms with Gasteiger partial charge in [-0.15, -0.1) is 11.6 Å². The van der Waals surface area contributed by atoms with Crippen LogP contribution in [0.25, 0.3) is 0 Å². The molecule has 5 heteroatoms. The maximum Gasteiger partial charge on any atom is 0.263 e. The molecular formula is C14H16ClN3O. The third-order valence-electron chi connectivity index (χ3n) is 2.36. The van der Waals surface area contributed by atoms with Crippen molar-refractivity contribution in [1.29, 1.82) is 5.26 Å². The number of nitriles is 1. The summed E-state index contributed by atoms with van der Waals surface area (Å²) in [5.41, 5.74) is 1.05. The Hall–Kier alpha value is -1.99. The van der Waals surface area contributed by atoms with Crippen LogP contribution in [0.2, 0.25) is 0 Å². The summed E-state index contributed by atoms with van der Waals surface area (Å²) in [6.07, 6.45) is 2.20. The van der Waals surface area contributed by atoms with E-state index in [1.54, 1.807) is 0 Å². The number of carbonyl (C=O) groups excluding carboxylic acids is 1. The summed E-state index contributed by atoms with van der Waals surface area (Å²) >= 11 is 5.53. The van der Waals surface area contributed by atoms with Crippen LogP contribution in [0.5, 0.6) is 0 Å². The third-order valence-corrected chi connectivity index (χ3v) is 2.63. The van der Waals surface area contributed by atoms with Crippen molar-refractivity contribution in [3.63, 3.8) is 0 Å². The molecule has 0 aromatic heterocycles. The first-order valence-electron chi connectivity index (χ1n) is 5.99. The molecule has 0 saturated carbocycles. The number of amides is 1. The fraction of sp³-hybridized carbons (Fsp3) is 0.286. The highest BCUT2D eigenvalue weighted by Crippen LogP contribution is 1.98. The average Bonchev–Trinajstić information content (AvgIpc) is 2.46. The van der Waals surface area contributed by atoms with E-state index in [9.17, 15) is 4.79 Å². The molecule has 0 aliphatic rings. The zero-order chi connectivity index (χ0) is 13.9. The Kier molecular flexibility index (Phi) is 7.14. The zero-order valence-corrected chi connectivity index (χ0v) is 11.3. The summed E-state index contributed by atoms with van der Waals surface area (Å²) in [5, 5.41) is 14.5. The van der Waals surface area contributed by atoms with Gasteiger partial charge in [0, 0.05) is 25.2 Å². The molecular weight excluding hydrogens is 262 g/mol. The van der Waals surface area contributed by atoms with Crippen LogP contribution in [0.3, 0.4) is 0 Å². The minimum Gasteiger partial charge on any atom is -0.390 e. The zero-order valence-electron chi connectivity index (χ0n) is 10.5. The van der Waals surface area contributed by atoms with E-state index in [1.807, 2.05) is 36.4 Å². The lowest BCUT2D eigenvalue weighted by Crippen LogP contribution is -2.25. The number of benzene rings is 1. The van der Waals surface area contributed by atoms with Gasteiger partial charge in [-0.1, -0.05) is 30.3 Å². The van der Waals surface area contributed by atoms with E-state index >= 15 is 0 Å². The van der Waals surface area contributed by atoms with Gasteiger partial charge in [0.25, 0.3) is 5.91 Å². The number of nitrogens with one attached hydrogen (secondary N) is 2. The van der Waals surface area contributed by atoms with Crippen LogP contribution in [0.1, 0.15) is 12.0 Å². The fourth-order valence-electron chi connectivity index (χ4n) is 1.37. The summed E-state index contributed by atoms with van der Waals surface area (Å²) in [5.74, 6) is 0.160. The van der Waals surface area contributed by atoms with Crippen LogP contribution in [0, 0.1) is 11.3 Å². The van der Waals surface area contributed by atoms with Gasteiger partial charge in [-0.2, -0.15) is 5.26 Å². The smallest absolute Gasteiger partial charge is 0.263 e. The number of halogens is 1. The summed E-state index contributed by atoms with van der Waals surface area (Å²) in [6, 6.07) is 11.4. The van der Waals surface area contributed by atoms with Gasteiger partial charge in [0.05, 0.1) is 0 Å².